The van der Waals surface area contributed by atoms with Crippen molar-refractivity contribution < 1.29 is 18.0 Å². The summed E-state index contributed by atoms with van der Waals surface area (Å²) in [4.78, 5) is 18.4. The topological polar surface area (TPSA) is 32.7 Å². The lowest BCUT2D eigenvalue weighted by Gasteiger charge is -2.18. The summed E-state index contributed by atoms with van der Waals surface area (Å²) in [6, 6.07) is 9.34. The van der Waals surface area contributed by atoms with E-state index in [0.717, 1.165) is 17.7 Å². The van der Waals surface area contributed by atoms with Crippen LogP contribution in [0.15, 0.2) is 47.5 Å². The molecule has 0 fully saturated rings. The summed E-state index contributed by atoms with van der Waals surface area (Å²) in [5.41, 5.74) is 0.242. The maximum absolute atomic E-state index is 12.7. The molecular formula is C18H13Cl2F3N2OS. The second kappa shape index (κ2) is 8.12. The minimum absolute atomic E-state index is 0.183. The molecule has 1 aliphatic heterocycles. The molecule has 2 aromatic carbocycles. The third-order valence-corrected chi connectivity index (χ3v) is 5.53. The van der Waals surface area contributed by atoms with Gasteiger partial charge in [-0.3, -0.25) is 14.7 Å². The maximum atomic E-state index is 12.7. The lowest BCUT2D eigenvalue weighted by Crippen LogP contribution is -2.32. The number of hydrogen-bond acceptors (Lipinski definition) is 3. The number of thioether (sulfide) groups is 1. The van der Waals surface area contributed by atoms with Gasteiger partial charge in [-0.25, -0.2) is 0 Å². The Balaban J connectivity index is 1.69. The Morgan fingerprint density at radius 2 is 1.85 bits per heavy atom. The van der Waals surface area contributed by atoms with Gasteiger partial charge in [-0.05, 0) is 42.0 Å². The van der Waals surface area contributed by atoms with E-state index in [1.807, 2.05) is 0 Å². The number of nitrogens with zero attached hydrogens (tertiary/aromatic N) is 2. The van der Waals surface area contributed by atoms with Crippen molar-refractivity contribution in [2.75, 3.05) is 13.1 Å². The predicted octanol–water partition coefficient (Wildman–Crippen LogP) is 5.76. The molecule has 9 heteroatoms. The van der Waals surface area contributed by atoms with Crippen LogP contribution in [0.25, 0.3) is 0 Å². The predicted molar refractivity (Wildman–Crippen MR) is 103 cm³/mol. The van der Waals surface area contributed by atoms with E-state index in [2.05, 4.69) is 4.99 Å². The molecule has 2 aromatic rings. The van der Waals surface area contributed by atoms with Gasteiger partial charge in [0.1, 0.15) is 0 Å². The van der Waals surface area contributed by atoms with Crippen LogP contribution in [0, 0.1) is 0 Å². The van der Waals surface area contributed by atoms with Gasteiger partial charge in [0.25, 0.3) is 5.91 Å². The highest BCUT2D eigenvalue weighted by atomic mass is 35.5. The molecule has 0 aromatic heterocycles. The molecule has 0 aliphatic carbocycles. The highest BCUT2D eigenvalue weighted by Gasteiger charge is 2.31. The summed E-state index contributed by atoms with van der Waals surface area (Å²) in [5.74, 6) is 0.112. The number of alkyl halides is 3. The SMILES string of the molecule is O=C(c1ccc(C(F)(F)F)cc1)N1CCN=C1SCc1ccc(Cl)cc1Cl. The first-order valence-corrected chi connectivity index (χ1v) is 9.60. The van der Waals surface area contributed by atoms with Crippen LogP contribution < -0.4 is 0 Å². The summed E-state index contributed by atoms with van der Waals surface area (Å²) in [7, 11) is 0. The fourth-order valence-corrected chi connectivity index (χ4v) is 4.08. The number of carbonyl (C=O) groups is 1. The number of rotatable bonds is 3. The average Bonchev–Trinajstić information content (AvgIpc) is 3.08. The molecule has 0 saturated heterocycles. The van der Waals surface area contributed by atoms with Gasteiger partial charge in [0, 0.05) is 27.9 Å². The summed E-state index contributed by atoms with van der Waals surface area (Å²) in [5, 5.41) is 1.58. The lowest BCUT2D eigenvalue weighted by molar-refractivity contribution is -0.137. The average molecular weight is 433 g/mol. The van der Waals surface area contributed by atoms with Gasteiger partial charge in [0.15, 0.2) is 5.17 Å². The fourth-order valence-electron chi connectivity index (χ4n) is 2.48. The van der Waals surface area contributed by atoms with E-state index in [9.17, 15) is 18.0 Å². The van der Waals surface area contributed by atoms with Crippen molar-refractivity contribution in [2.45, 2.75) is 11.9 Å². The third kappa shape index (κ3) is 4.78. The number of benzene rings is 2. The smallest absolute Gasteiger partial charge is 0.286 e. The zero-order valence-corrected chi connectivity index (χ0v) is 16.1. The van der Waals surface area contributed by atoms with Gasteiger partial charge in [-0.15, -0.1) is 0 Å². The fraction of sp³-hybridized carbons (Fsp3) is 0.222. The molecule has 0 unspecified atom stereocenters. The van der Waals surface area contributed by atoms with Crippen molar-refractivity contribution in [3.05, 3.63) is 69.2 Å². The standard InChI is InChI=1S/C18H13Cl2F3N2OS/c19-14-6-3-12(15(20)9-14)10-27-17-24-7-8-25(17)16(26)11-1-4-13(5-2-11)18(21,22)23/h1-6,9H,7-8,10H2. The van der Waals surface area contributed by atoms with Crippen LogP contribution in [0.3, 0.4) is 0 Å². The summed E-state index contributed by atoms with van der Waals surface area (Å²) in [6.07, 6.45) is -4.43. The van der Waals surface area contributed by atoms with E-state index in [1.165, 1.54) is 28.8 Å². The molecule has 3 rings (SSSR count). The zero-order valence-electron chi connectivity index (χ0n) is 13.8. The molecule has 0 N–H and O–H groups in total. The van der Waals surface area contributed by atoms with Crippen molar-refractivity contribution in [3.8, 4) is 0 Å². The van der Waals surface area contributed by atoms with Crippen molar-refractivity contribution in [3.63, 3.8) is 0 Å². The quantitative estimate of drug-likeness (QED) is 0.617. The maximum Gasteiger partial charge on any atom is 0.416 e. The van der Waals surface area contributed by atoms with Crippen LogP contribution >= 0.6 is 35.0 Å². The summed E-state index contributed by atoms with van der Waals surface area (Å²) in [6.45, 7) is 0.833. The molecule has 0 radical (unpaired) electrons. The van der Waals surface area contributed by atoms with E-state index in [-0.39, 0.29) is 11.5 Å². The monoisotopic (exact) mass is 432 g/mol. The minimum Gasteiger partial charge on any atom is -0.286 e. The first-order valence-electron chi connectivity index (χ1n) is 7.86. The number of carbonyl (C=O) groups excluding carboxylic acids is 1. The molecule has 0 saturated carbocycles. The van der Waals surface area contributed by atoms with Crippen molar-refractivity contribution >= 4 is 46.0 Å². The minimum atomic E-state index is -4.43. The molecule has 27 heavy (non-hydrogen) atoms. The highest BCUT2D eigenvalue weighted by Crippen LogP contribution is 2.30. The number of amidine groups is 1. The number of amides is 1. The Morgan fingerprint density at radius 1 is 1.15 bits per heavy atom. The van der Waals surface area contributed by atoms with Crippen LogP contribution in [0.1, 0.15) is 21.5 Å². The molecular weight excluding hydrogens is 420 g/mol. The highest BCUT2D eigenvalue weighted by molar-refractivity contribution is 8.13. The largest absolute Gasteiger partial charge is 0.416 e. The van der Waals surface area contributed by atoms with E-state index in [0.29, 0.717) is 34.1 Å². The van der Waals surface area contributed by atoms with Crippen molar-refractivity contribution in [1.82, 2.24) is 4.90 Å². The molecule has 3 nitrogen and oxygen atoms in total. The van der Waals surface area contributed by atoms with Crippen LogP contribution in [0.2, 0.25) is 10.0 Å². The first-order chi connectivity index (χ1) is 12.8. The Bertz CT molecular complexity index is 885. The summed E-state index contributed by atoms with van der Waals surface area (Å²) < 4.78 is 38.0. The second-order valence-electron chi connectivity index (χ2n) is 5.72. The van der Waals surface area contributed by atoms with Crippen LogP contribution in [0.4, 0.5) is 13.2 Å². The van der Waals surface area contributed by atoms with E-state index >= 15 is 0 Å². The molecule has 1 amide bonds. The van der Waals surface area contributed by atoms with Gasteiger partial charge in [0.2, 0.25) is 0 Å². The van der Waals surface area contributed by atoms with E-state index < -0.39 is 11.7 Å². The Hall–Kier alpha value is -1.70. The van der Waals surface area contributed by atoms with Crippen molar-refractivity contribution in [1.29, 1.82) is 0 Å². The Labute approximate surface area is 168 Å². The molecule has 1 heterocycles. The lowest BCUT2D eigenvalue weighted by atomic mass is 10.1. The third-order valence-electron chi connectivity index (χ3n) is 3.88. The van der Waals surface area contributed by atoms with Crippen LogP contribution in [-0.4, -0.2) is 29.1 Å². The molecule has 0 spiro atoms. The van der Waals surface area contributed by atoms with E-state index in [4.69, 9.17) is 23.2 Å². The molecule has 1 aliphatic rings. The Kier molecular flexibility index (Phi) is 6.03. The number of hydrogen-bond donors (Lipinski definition) is 0. The van der Waals surface area contributed by atoms with Gasteiger partial charge in [0.05, 0.1) is 12.1 Å². The molecule has 0 atom stereocenters. The van der Waals surface area contributed by atoms with Crippen LogP contribution in [0.5, 0.6) is 0 Å². The normalized spacial score (nSPS) is 14.4. The number of aliphatic imine (C=N–C) groups is 1. The first kappa shape index (κ1) is 20.0. The van der Waals surface area contributed by atoms with E-state index in [1.54, 1.807) is 18.2 Å². The zero-order chi connectivity index (χ0) is 19.6. The molecule has 0 bridgehead atoms. The Morgan fingerprint density at radius 3 is 2.48 bits per heavy atom. The van der Waals surface area contributed by atoms with Gasteiger partial charge >= 0.3 is 6.18 Å². The van der Waals surface area contributed by atoms with Gasteiger partial charge in [-0.1, -0.05) is 41.0 Å². The second-order valence-corrected chi connectivity index (χ2v) is 7.51. The summed E-state index contributed by atoms with van der Waals surface area (Å²) >= 11 is 13.4. The van der Waals surface area contributed by atoms with Crippen LogP contribution in [-0.2, 0) is 11.9 Å². The number of halogens is 5. The van der Waals surface area contributed by atoms with Gasteiger partial charge in [-0.2, -0.15) is 13.2 Å². The molecule has 142 valence electrons. The van der Waals surface area contributed by atoms with Gasteiger partial charge < -0.3 is 0 Å². The van der Waals surface area contributed by atoms with Crippen molar-refractivity contribution in [2.24, 2.45) is 4.99 Å².